The van der Waals surface area contributed by atoms with E-state index in [1.54, 1.807) is 0 Å². The van der Waals surface area contributed by atoms with Crippen LogP contribution in [-0.2, 0) is 13.0 Å². The first kappa shape index (κ1) is 11.2. The fourth-order valence-electron chi connectivity index (χ4n) is 1.57. The van der Waals surface area contributed by atoms with Crippen LogP contribution in [0, 0.1) is 5.92 Å². The summed E-state index contributed by atoms with van der Waals surface area (Å²) in [5.41, 5.74) is 5.51. The zero-order valence-electron chi connectivity index (χ0n) is 9.24. The van der Waals surface area contributed by atoms with E-state index in [0.29, 0.717) is 6.54 Å². The summed E-state index contributed by atoms with van der Waals surface area (Å²) in [6.07, 6.45) is 7.30. The standard InChI is InChI=1S/C11H21N3/c1-10(2)4-3-8-14-9-7-13-11(14)5-6-12/h7,9-10H,3-6,8,12H2,1-2H3. The van der Waals surface area contributed by atoms with E-state index in [2.05, 4.69) is 23.4 Å². The summed E-state index contributed by atoms with van der Waals surface area (Å²) in [5.74, 6) is 1.91. The van der Waals surface area contributed by atoms with Crippen LogP contribution in [0.1, 0.15) is 32.5 Å². The van der Waals surface area contributed by atoms with Crippen molar-refractivity contribution < 1.29 is 0 Å². The molecule has 1 rings (SSSR count). The van der Waals surface area contributed by atoms with E-state index in [0.717, 1.165) is 24.7 Å². The first-order valence-corrected chi connectivity index (χ1v) is 5.44. The average Bonchev–Trinajstić information content (AvgIpc) is 2.53. The van der Waals surface area contributed by atoms with Crippen molar-refractivity contribution in [1.82, 2.24) is 9.55 Å². The monoisotopic (exact) mass is 195 g/mol. The van der Waals surface area contributed by atoms with E-state index < -0.39 is 0 Å². The van der Waals surface area contributed by atoms with Gasteiger partial charge in [-0.1, -0.05) is 13.8 Å². The van der Waals surface area contributed by atoms with Crippen LogP contribution in [0.15, 0.2) is 12.4 Å². The zero-order valence-corrected chi connectivity index (χ0v) is 9.24. The van der Waals surface area contributed by atoms with Gasteiger partial charge in [0, 0.05) is 25.4 Å². The minimum atomic E-state index is 0.682. The maximum absolute atomic E-state index is 5.51. The molecule has 0 spiro atoms. The fraction of sp³-hybridized carbons (Fsp3) is 0.727. The molecule has 1 aromatic heterocycles. The highest BCUT2D eigenvalue weighted by Crippen LogP contribution is 2.07. The van der Waals surface area contributed by atoms with Crippen molar-refractivity contribution >= 4 is 0 Å². The molecule has 0 saturated heterocycles. The molecule has 14 heavy (non-hydrogen) atoms. The van der Waals surface area contributed by atoms with Gasteiger partial charge in [0.25, 0.3) is 0 Å². The molecule has 0 aliphatic heterocycles. The zero-order chi connectivity index (χ0) is 10.4. The summed E-state index contributed by atoms with van der Waals surface area (Å²) in [5, 5.41) is 0. The lowest BCUT2D eigenvalue weighted by Gasteiger charge is -2.08. The number of nitrogens with zero attached hydrogens (tertiary/aromatic N) is 2. The van der Waals surface area contributed by atoms with Crippen molar-refractivity contribution in [3.05, 3.63) is 18.2 Å². The Morgan fingerprint density at radius 1 is 1.50 bits per heavy atom. The van der Waals surface area contributed by atoms with Crippen molar-refractivity contribution in [2.75, 3.05) is 6.54 Å². The predicted molar refractivity (Wildman–Crippen MR) is 59.1 cm³/mol. The Morgan fingerprint density at radius 2 is 2.29 bits per heavy atom. The van der Waals surface area contributed by atoms with Crippen LogP contribution >= 0.6 is 0 Å². The van der Waals surface area contributed by atoms with Crippen molar-refractivity contribution in [3.63, 3.8) is 0 Å². The first-order chi connectivity index (χ1) is 6.74. The van der Waals surface area contributed by atoms with Gasteiger partial charge in [-0.15, -0.1) is 0 Å². The number of aromatic nitrogens is 2. The number of imidazole rings is 1. The molecule has 0 aliphatic rings. The lowest BCUT2D eigenvalue weighted by atomic mass is 10.1. The molecule has 1 aromatic rings. The van der Waals surface area contributed by atoms with Crippen LogP contribution < -0.4 is 5.73 Å². The minimum Gasteiger partial charge on any atom is -0.335 e. The number of aryl methyl sites for hydroxylation is 1. The van der Waals surface area contributed by atoms with Gasteiger partial charge in [0.1, 0.15) is 5.82 Å². The Kier molecular flexibility index (Phi) is 4.66. The van der Waals surface area contributed by atoms with Gasteiger partial charge < -0.3 is 10.3 Å². The Morgan fingerprint density at radius 3 is 2.93 bits per heavy atom. The lowest BCUT2D eigenvalue weighted by Crippen LogP contribution is -2.10. The van der Waals surface area contributed by atoms with Crippen molar-refractivity contribution in [2.24, 2.45) is 11.7 Å². The third kappa shape index (κ3) is 3.50. The van der Waals surface area contributed by atoms with E-state index >= 15 is 0 Å². The molecule has 0 radical (unpaired) electrons. The van der Waals surface area contributed by atoms with Crippen LogP contribution in [0.5, 0.6) is 0 Å². The maximum Gasteiger partial charge on any atom is 0.109 e. The van der Waals surface area contributed by atoms with Gasteiger partial charge in [0.15, 0.2) is 0 Å². The van der Waals surface area contributed by atoms with Gasteiger partial charge in [-0.05, 0) is 25.3 Å². The molecule has 80 valence electrons. The summed E-state index contributed by atoms with van der Waals surface area (Å²) in [6.45, 7) is 6.28. The molecule has 0 fully saturated rings. The number of hydrogen-bond donors (Lipinski definition) is 1. The second kappa shape index (κ2) is 5.81. The van der Waals surface area contributed by atoms with E-state index in [4.69, 9.17) is 5.73 Å². The second-order valence-corrected chi connectivity index (χ2v) is 4.11. The molecule has 0 atom stereocenters. The smallest absolute Gasteiger partial charge is 0.109 e. The van der Waals surface area contributed by atoms with Gasteiger partial charge in [-0.2, -0.15) is 0 Å². The lowest BCUT2D eigenvalue weighted by molar-refractivity contribution is 0.504. The minimum absolute atomic E-state index is 0.682. The predicted octanol–water partition coefficient (Wildman–Crippen LogP) is 1.82. The van der Waals surface area contributed by atoms with Crippen LogP contribution in [0.4, 0.5) is 0 Å². The first-order valence-electron chi connectivity index (χ1n) is 5.44. The van der Waals surface area contributed by atoms with E-state index in [9.17, 15) is 0 Å². The van der Waals surface area contributed by atoms with Crippen LogP contribution in [0.25, 0.3) is 0 Å². The Labute approximate surface area is 86.3 Å². The molecule has 3 heteroatoms. The highest BCUT2D eigenvalue weighted by molar-refractivity contribution is 4.92. The number of rotatable bonds is 6. The second-order valence-electron chi connectivity index (χ2n) is 4.11. The molecule has 0 aromatic carbocycles. The average molecular weight is 195 g/mol. The molecule has 0 unspecified atom stereocenters. The van der Waals surface area contributed by atoms with Gasteiger partial charge in [0.2, 0.25) is 0 Å². The highest BCUT2D eigenvalue weighted by Gasteiger charge is 2.01. The topological polar surface area (TPSA) is 43.8 Å². The molecular weight excluding hydrogens is 174 g/mol. The molecule has 1 heterocycles. The summed E-state index contributed by atoms with van der Waals surface area (Å²) in [4.78, 5) is 4.29. The molecule has 0 saturated carbocycles. The van der Waals surface area contributed by atoms with Crippen molar-refractivity contribution in [2.45, 2.75) is 39.7 Å². The number of hydrogen-bond acceptors (Lipinski definition) is 2. The van der Waals surface area contributed by atoms with Gasteiger partial charge >= 0.3 is 0 Å². The van der Waals surface area contributed by atoms with Crippen LogP contribution in [0.2, 0.25) is 0 Å². The summed E-state index contributed by atoms with van der Waals surface area (Å²) in [7, 11) is 0. The van der Waals surface area contributed by atoms with Crippen molar-refractivity contribution in [3.8, 4) is 0 Å². The Balaban J connectivity index is 2.37. The van der Waals surface area contributed by atoms with Crippen LogP contribution in [0.3, 0.4) is 0 Å². The van der Waals surface area contributed by atoms with E-state index in [1.807, 2.05) is 12.4 Å². The summed E-state index contributed by atoms with van der Waals surface area (Å²) < 4.78 is 2.22. The van der Waals surface area contributed by atoms with Gasteiger partial charge in [-0.25, -0.2) is 4.98 Å². The maximum atomic E-state index is 5.51. The Hall–Kier alpha value is -0.830. The normalized spacial score (nSPS) is 11.1. The summed E-state index contributed by atoms with van der Waals surface area (Å²) >= 11 is 0. The van der Waals surface area contributed by atoms with E-state index in [-0.39, 0.29) is 0 Å². The molecule has 2 N–H and O–H groups in total. The van der Waals surface area contributed by atoms with Gasteiger partial charge in [0.05, 0.1) is 0 Å². The molecule has 0 aliphatic carbocycles. The SMILES string of the molecule is CC(C)CCCn1ccnc1CCN. The Bertz CT molecular complexity index is 253. The van der Waals surface area contributed by atoms with E-state index in [1.165, 1.54) is 12.8 Å². The summed E-state index contributed by atoms with van der Waals surface area (Å²) in [6, 6.07) is 0. The molecular formula is C11H21N3. The number of nitrogens with two attached hydrogens (primary N) is 1. The third-order valence-electron chi connectivity index (χ3n) is 2.35. The molecule has 3 nitrogen and oxygen atoms in total. The molecule has 0 bridgehead atoms. The third-order valence-corrected chi connectivity index (χ3v) is 2.35. The quantitative estimate of drug-likeness (QED) is 0.752. The van der Waals surface area contributed by atoms with Crippen molar-refractivity contribution in [1.29, 1.82) is 0 Å². The van der Waals surface area contributed by atoms with Gasteiger partial charge in [-0.3, -0.25) is 0 Å². The largest absolute Gasteiger partial charge is 0.335 e. The fourth-order valence-corrected chi connectivity index (χ4v) is 1.57. The van der Waals surface area contributed by atoms with Crippen LogP contribution in [-0.4, -0.2) is 16.1 Å². The highest BCUT2D eigenvalue weighted by atomic mass is 15.1. The molecule has 0 amide bonds.